The number of hydrogen-bond acceptors (Lipinski definition) is 5. The zero-order valence-corrected chi connectivity index (χ0v) is 11.9. The van der Waals surface area contributed by atoms with E-state index in [4.69, 9.17) is 4.74 Å². The third-order valence-electron chi connectivity index (χ3n) is 3.08. The van der Waals surface area contributed by atoms with Gasteiger partial charge in [-0.2, -0.15) is 0 Å². The van der Waals surface area contributed by atoms with Crippen LogP contribution >= 0.6 is 11.8 Å². The summed E-state index contributed by atoms with van der Waals surface area (Å²) in [5.41, 5.74) is 1.15. The Morgan fingerprint density at radius 1 is 1.30 bits per heavy atom. The van der Waals surface area contributed by atoms with Crippen molar-refractivity contribution in [3.8, 4) is 0 Å². The van der Waals surface area contributed by atoms with Gasteiger partial charge in [0.15, 0.2) is 5.70 Å². The molecule has 0 spiro atoms. The quantitative estimate of drug-likeness (QED) is 0.618. The van der Waals surface area contributed by atoms with E-state index < -0.39 is 5.97 Å². The lowest BCUT2D eigenvalue weighted by atomic mass is 10.2. The van der Waals surface area contributed by atoms with Crippen LogP contribution in [0.25, 0.3) is 0 Å². The molecule has 102 valence electrons. The van der Waals surface area contributed by atoms with Crippen molar-refractivity contribution in [3.63, 3.8) is 0 Å². The molecule has 0 aliphatic carbocycles. The van der Waals surface area contributed by atoms with Crippen molar-refractivity contribution in [2.24, 2.45) is 4.99 Å². The van der Waals surface area contributed by atoms with E-state index in [1.807, 2.05) is 43.5 Å². The maximum Gasteiger partial charge on any atom is 0.363 e. The van der Waals surface area contributed by atoms with Crippen molar-refractivity contribution in [3.05, 3.63) is 58.8 Å². The van der Waals surface area contributed by atoms with Gasteiger partial charge in [-0.15, -0.1) is 11.8 Å². The molecule has 20 heavy (non-hydrogen) atoms. The predicted octanol–water partition coefficient (Wildman–Crippen LogP) is 2.39. The Balaban J connectivity index is 1.84. The molecule has 0 radical (unpaired) electrons. The standard InChI is InChI=1S/C15H14N2O2S/c1-17-9-10-20-13(17)8-7-12-15(18)19-14(16-12)11-5-3-2-4-6-11/h2-8H,9-10H2,1H3/b12-7+,13-8+. The fourth-order valence-electron chi connectivity index (χ4n) is 1.96. The van der Waals surface area contributed by atoms with Crippen molar-refractivity contribution >= 4 is 23.6 Å². The van der Waals surface area contributed by atoms with Crippen LogP contribution in [0.15, 0.2) is 58.2 Å². The van der Waals surface area contributed by atoms with Crippen LogP contribution in [-0.4, -0.2) is 36.1 Å². The van der Waals surface area contributed by atoms with Crippen LogP contribution in [0.3, 0.4) is 0 Å². The number of benzene rings is 1. The van der Waals surface area contributed by atoms with Gasteiger partial charge in [-0.1, -0.05) is 18.2 Å². The first-order valence-corrected chi connectivity index (χ1v) is 7.35. The van der Waals surface area contributed by atoms with Gasteiger partial charge in [-0.25, -0.2) is 9.79 Å². The van der Waals surface area contributed by atoms with E-state index in [1.165, 1.54) is 0 Å². The first-order chi connectivity index (χ1) is 9.74. The lowest BCUT2D eigenvalue weighted by Gasteiger charge is -2.09. The zero-order valence-electron chi connectivity index (χ0n) is 11.1. The summed E-state index contributed by atoms with van der Waals surface area (Å²) in [5, 5.41) is 1.15. The van der Waals surface area contributed by atoms with Crippen LogP contribution in [0.5, 0.6) is 0 Å². The minimum absolute atomic E-state index is 0.345. The number of thioether (sulfide) groups is 1. The highest BCUT2D eigenvalue weighted by Gasteiger charge is 2.23. The lowest BCUT2D eigenvalue weighted by Crippen LogP contribution is -2.10. The van der Waals surface area contributed by atoms with Crippen molar-refractivity contribution in [1.82, 2.24) is 4.90 Å². The molecule has 1 aromatic rings. The fourth-order valence-corrected chi connectivity index (χ4v) is 3.01. The predicted molar refractivity (Wildman–Crippen MR) is 80.3 cm³/mol. The number of allylic oxidation sites excluding steroid dienone is 2. The Morgan fingerprint density at radius 2 is 2.10 bits per heavy atom. The number of ether oxygens (including phenoxy) is 1. The molecule has 1 saturated heterocycles. The second-order valence-corrected chi connectivity index (χ2v) is 5.61. The van der Waals surface area contributed by atoms with Crippen LogP contribution in [0.1, 0.15) is 5.56 Å². The zero-order chi connectivity index (χ0) is 13.9. The van der Waals surface area contributed by atoms with Gasteiger partial charge >= 0.3 is 5.97 Å². The van der Waals surface area contributed by atoms with Gasteiger partial charge in [-0.05, 0) is 24.3 Å². The van der Waals surface area contributed by atoms with Gasteiger partial charge in [0, 0.05) is 24.9 Å². The molecule has 4 nitrogen and oxygen atoms in total. The summed E-state index contributed by atoms with van der Waals surface area (Å²) < 4.78 is 5.20. The van der Waals surface area contributed by atoms with E-state index >= 15 is 0 Å². The van der Waals surface area contributed by atoms with Crippen LogP contribution in [0.2, 0.25) is 0 Å². The highest BCUT2D eigenvalue weighted by Crippen LogP contribution is 2.26. The van der Waals surface area contributed by atoms with E-state index in [-0.39, 0.29) is 0 Å². The SMILES string of the molecule is CN1CCS/C1=C/C=C1/N=C(c2ccccc2)OC1=O. The Kier molecular flexibility index (Phi) is 3.60. The van der Waals surface area contributed by atoms with Gasteiger partial charge in [0.2, 0.25) is 5.90 Å². The van der Waals surface area contributed by atoms with E-state index in [1.54, 1.807) is 17.8 Å². The number of carbonyl (C=O) groups is 1. The second-order valence-electron chi connectivity index (χ2n) is 4.50. The van der Waals surface area contributed by atoms with Crippen molar-refractivity contribution < 1.29 is 9.53 Å². The van der Waals surface area contributed by atoms with Crippen LogP contribution in [-0.2, 0) is 9.53 Å². The number of cyclic esters (lactones) is 1. The maximum atomic E-state index is 11.8. The minimum atomic E-state index is -0.397. The van der Waals surface area contributed by atoms with Crippen molar-refractivity contribution in [2.45, 2.75) is 0 Å². The maximum absolute atomic E-state index is 11.8. The molecule has 0 N–H and O–H groups in total. The molecular formula is C15H14N2O2S. The first kappa shape index (κ1) is 13.0. The summed E-state index contributed by atoms with van der Waals surface area (Å²) in [5.74, 6) is 1.05. The molecule has 5 heteroatoms. The Labute approximate surface area is 121 Å². The molecule has 0 bridgehead atoms. The molecule has 2 aliphatic rings. The number of aliphatic imine (C=N–C) groups is 1. The third kappa shape index (κ3) is 2.63. The largest absolute Gasteiger partial charge is 0.402 e. The highest BCUT2D eigenvalue weighted by atomic mass is 32.2. The van der Waals surface area contributed by atoms with Gasteiger partial charge < -0.3 is 9.64 Å². The molecule has 2 aliphatic heterocycles. The second kappa shape index (κ2) is 5.54. The fraction of sp³-hybridized carbons (Fsp3) is 0.200. The molecule has 1 aromatic carbocycles. The Morgan fingerprint density at radius 3 is 2.80 bits per heavy atom. The summed E-state index contributed by atoms with van der Waals surface area (Å²) in [6.45, 7) is 1.03. The number of rotatable bonds is 2. The first-order valence-electron chi connectivity index (χ1n) is 6.36. The van der Waals surface area contributed by atoms with Crippen LogP contribution in [0.4, 0.5) is 0 Å². The summed E-state index contributed by atoms with van der Waals surface area (Å²) in [6, 6.07) is 9.43. The van der Waals surface area contributed by atoms with Crippen LogP contribution < -0.4 is 0 Å². The molecule has 0 amide bonds. The number of carbonyl (C=O) groups excluding carboxylic acids is 1. The molecule has 1 fully saturated rings. The Bertz CT molecular complexity index is 620. The van der Waals surface area contributed by atoms with E-state index in [0.29, 0.717) is 11.6 Å². The monoisotopic (exact) mass is 286 g/mol. The summed E-state index contributed by atoms with van der Waals surface area (Å²) >= 11 is 1.77. The highest BCUT2D eigenvalue weighted by molar-refractivity contribution is 8.03. The Hall–Kier alpha value is -2.01. The topological polar surface area (TPSA) is 41.9 Å². The van der Waals surface area contributed by atoms with E-state index in [0.717, 1.165) is 22.9 Å². The third-order valence-corrected chi connectivity index (χ3v) is 4.21. The molecule has 3 rings (SSSR count). The number of nitrogens with zero attached hydrogens (tertiary/aromatic N) is 2. The molecule has 0 saturated carbocycles. The molecule has 0 aromatic heterocycles. The van der Waals surface area contributed by atoms with Gasteiger partial charge in [-0.3, -0.25) is 0 Å². The average Bonchev–Trinajstić information content (AvgIpc) is 3.04. The number of hydrogen-bond donors (Lipinski definition) is 0. The van der Waals surface area contributed by atoms with Crippen molar-refractivity contribution in [1.29, 1.82) is 0 Å². The van der Waals surface area contributed by atoms with Gasteiger partial charge in [0.05, 0.1) is 5.03 Å². The number of esters is 1. The molecule has 0 unspecified atom stereocenters. The van der Waals surface area contributed by atoms with Gasteiger partial charge in [0.1, 0.15) is 0 Å². The minimum Gasteiger partial charge on any atom is -0.402 e. The van der Waals surface area contributed by atoms with E-state index in [9.17, 15) is 4.79 Å². The molecular weight excluding hydrogens is 272 g/mol. The summed E-state index contributed by atoms with van der Waals surface area (Å²) in [7, 11) is 2.04. The summed E-state index contributed by atoms with van der Waals surface area (Å²) in [6.07, 6.45) is 3.65. The van der Waals surface area contributed by atoms with Crippen molar-refractivity contribution in [2.75, 3.05) is 19.3 Å². The smallest absolute Gasteiger partial charge is 0.363 e. The van der Waals surface area contributed by atoms with Gasteiger partial charge in [0.25, 0.3) is 0 Å². The average molecular weight is 286 g/mol. The molecule has 0 atom stereocenters. The summed E-state index contributed by atoms with van der Waals surface area (Å²) in [4.78, 5) is 18.2. The molecule has 2 heterocycles. The normalized spacial score (nSPS) is 22.6. The van der Waals surface area contributed by atoms with E-state index in [2.05, 4.69) is 9.89 Å². The lowest BCUT2D eigenvalue weighted by molar-refractivity contribution is -0.130. The van der Waals surface area contributed by atoms with Crippen LogP contribution in [0, 0.1) is 0 Å².